The van der Waals surface area contributed by atoms with Crippen molar-refractivity contribution in [3.05, 3.63) is 29.3 Å². The van der Waals surface area contributed by atoms with Gasteiger partial charge in [0.05, 0.1) is 7.11 Å². The van der Waals surface area contributed by atoms with E-state index in [2.05, 4.69) is 16.7 Å². The van der Waals surface area contributed by atoms with E-state index in [1.807, 2.05) is 24.0 Å². The Morgan fingerprint density at radius 3 is 2.80 bits per heavy atom. The van der Waals surface area contributed by atoms with Crippen molar-refractivity contribution in [2.45, 2.75) is 13.3 Å². The highest BCUT2D eigenvalue weighted by atomic mass is 16.5. The van der Waals surface area contributed by atoms with Crippen molar-refractivity contribution in [3.63, 3.8) is 0 Å². The number of nitrogens with zero attached hydrogens (tertiary/aromatic N) is 1. The SMILES string of the molecule is COc1ccc(CCNC(=O)N2CCNCC2)cc1C. The summed E-state index contributed by atoms with van der Waals surface area (Å²) in [6.45, 7) is 6.02. The zero-order chi connectivity index (χ0) is 14.4. The highest BCUT2D eigenvalue weighted by Gasteiger charge is 2.15. The Labute approximate surface area is 120 Å². The van der Waals surface area contributed by atoms with Gasteiger partial charge in [-0.3, -0.25) is 0 Å². The predicted octanol–water partition coefficient (Wildman–Crippen LogP) is 1.16. The van der Waals surface area contributed by atoms with E-state index in [-0.39, 0.29) is 6.03 Å². The van der Waals surface area contributed by atoms with Gasteiger partial charge in [0, 0.05) is 32.7 Å². The Hall–Kier alpha value is -1.75. The number of ether oxygens (including phenoxy) is 1. The highest BCUT2D eigenvalue weighted by Crippen LogP contribution is 2.18. The van der Waals surface area contributed by atoms with Gasteiger partial charge in [-0.25, -0.2) is 4.79 Å². The van der Waals surface area contributed by atoms with Crippen LogP contribution in [0.15, 0.2) is 18.2 Å². The van der Waals surface area contributed by atoms with E-state index in [9.17, 15) is 4.79 Å². The molecule has 2 N–H and O–H groups in total. The van der Waals surface area contributed by atoms with Crippen LogP contribution in [0.3, 0.4) is 0 Å². The van der Waals surface area contributed by atoms with E-state index in [1.165, 1.54) is 5.56 Å². The molecule has 1 saturated heterocycles. The maximum atomic E-state index is 11.9. The summed E-state index contributed by atoms with van der Waals surface area (Å²) < 4.78 is 5.24. The largest absolute Gasteiger partial charge is 0.496 e. The van der Waals surface area contributed by atoms with E-state index in [1.54, 1.807) is 7.11 Å². The van der Waals surface area contributed by atoms with Crippen molar-refractivity contribution >= 4 is 6.03 Å². The summed E-state index contributed by atoms with van der Waals surface area (Å²) >= 11 is 0. The van der Waals surface area contributed by atoms with Gasteiger partial charge < -0.3 is 20.3 Å². The van der Waals surface area contributed by atoms with Crippen LogP contribution in [0.2, 0.25) is 0 Å². The number of benzene rings is 1. The van der Waals surface area contributed by atoms with Gasteiger partial charge in [0.2, 0.25) is 0 Å². The predicted molar refractivity (Wildman–Crippen MR) is 79.3 cm³/mol. The second-order valence-corrected chi connectivity index (χ2v) is 5.02. The maximum Gasteiger partial charge on any atom is 0.317 e. The summed E-state index contributed by atoms with van der Waals surface area (Å²) in [6, 6.07) is 6.17. The Kier molecular flexibility index (Phi) is 5.24. The minimum absolute atomic E-state index is 0.0386. The lowest BCUT2D eigenvalue weighted by molar-refractivity contribution is 0.190. The first kappa shape index (κ1) is 14.7. The van der Waals surface area contributed by atoms with Crippen molar-refractivity contribution in [1.82, 2.24) is 15.5 Å². The lowest BCUT2D eigenvalue weighted by atomic mass is 10.1. The van der Waals surface area contributed by atoms with E-state index in [0.29, 0.717) is 6.54 Å². The summed E-state index contributed by atoms with van der Waals surface area (Å²) in [7, 11) is 1.68. The molecule has 2 amide bonds. The molecular weight excluding hydrogens is 254 g/mol. The average molecular weight is 277 g/mol. The quantitative estimate of drug-likeness (QED) is 0.868. The smallest absolute Gasteiger partial charge is 0.317 e. The van der Waals surface area contributed by atoms with Crippen LogP contribution in [-0.2, 0) is 6.42 Å². The molecule has 0 spiro atoms. The van der Waals surface area contributed by atoms with Gasteiger partial charge in [0.25, 0.3) is 0 Å². The molecule has 0 aromatic heterocycles. The normalized spacial score (nSPS) is 15.0. The third kappa shape index (κ3) is 3.87. The van der Waals surface area contributed by atoms with Gasteiger partial charge in [0.1, 0.15) is 5.75 Å². The molecule has 5 nitrogen and oxygen atoms in total. The van der Waals surface area contributed by atoms with Gasteiger partial charge in [-0.1, -0.05) is 12.1 Å². The molecule has 20 heavy (non-hydrogen) atoms. The Bertz CT molecular complexity index is 456. The Balaban J connectivity index is 1.77. The number of amides is 2. The number of piperazine rings is 1. The van der Waals surface area contributed by atoms with Crippen LogP contribution in [0.4, 0.5) is 4.79 Å². The molecule has 1 aromatic rings. The summed E-state index contributed by atoms with van der Waals surface area (Å²) in [5.74, 6) is 0.901. The maximum absolute atomic E-state index is 11.9. The van der Waals surface area contributed by atoms with Gasteiger partial charge in [-0.15, -0.1) is 0 Å². The van der Waals surface area contributed by atoms with Gasteiger partial charge >= 0.3 is 6.03 Å². The monoisotopic (exact) mass is 277 g/mol. The van der Waals surface area contributed by atoms with Crippen molar-refractivity contribution in [2.75, 3.05) is 39.8 Å². The molecule has 1 heterocycles. The van der Waals surface area contributed by atoms with Crippen molar-refractivity contribution in [1.29, 1.82) is 0 Å². The first-order valence-electron chi connectivity index (χ1n) is 7.07. The Morgan fingerprint density at radius 2 is 2.15 bits per heavy atom. The molecule has 1 aromatic carbocycles. The van der Waals surface area contributed by atoms with E-state index >= 15 is 0 Å². The van der Waals surface area contributed by atoms with Crippen LogP contribution in [-0.4, -0.2) is 50.8 Å². The van der Waals surface area contributed by atoms with Crippen molar-refractivity contribution in [2.24, 2.45) is 0 Å². The van der Waals surface area contributed by atoms with E-state index in [0.717, 1.165) is 43.9 Å². The zero-order valence-corrected chi connectivity index (χ0v) is 12.2. The third-order valence-corrected chi connectivity index (χ3v) is 3.55. The molecule has 0 aliphatic carbocycles. The first-order chi connectivity index (χ1) is 9.70. The van der Waals surface area contributed by atoms with Gasteiger partial charge in [-0.2, -0.15) is 0 Å². The molecular formula is C15H23N3O2. The second-order valence-electron chi connectivity index (χ2n) is 5.02. The summed E-state index contributed by atoms with van der Waals surface area (Å²) in [6.07, 6.45) is 0.836. The fraction of sp³-hybridized carbons (Fsp3) is 0.533. The molecule has 1 aliphatic heterocycles. The highest BCUT2D eigenvalue weighted by molar-refractivity contribution is 5.74. The van der Waals surface area contributed by atoms with Crippen molar-refractivity contribution < 1.29 is 9.53 Å². The standard InChI is InChI=1S/C15H23N3O2/c1-12-11-13(3-4-14(12)20-2)5-6-17-15(19)18-9-7-16-8-10-18/h3-4,11,16H,5-10H2,1-2H3,(H,17,19). The topological polar surface area (TPSA) is 53.6 Å². The number of carbonyl (C=O) groups is 1. The molecule has 2 rings (SSSR count). The fourth-order valence-corrected chi connectivity index (χ4v) is 2.39. The number of hydrogen-bond donors (Lipinski definition) is 2. The summed E-state index contributed by atoms with van der Waals surface area (Å²) in [4.78, 5) is 13.8. The third-order valence-electron chi connectivity index (χ3n) is 3.55. The number of carbonyl (C=O) groups excluding carboxylic acids is 1. The summed E-state index contributed by atoms with van der Waals surface area (Å²) in [5, 5.41) is 6.21. The van der Waals surface area contributed by atoms with Crippen LogP contribution < -0.4 is 15.4 Å². The number of nitrogens with one attached hydrogen (secondary N) is 2. The number of methoxy groups -OCH3 is 1. The first-order valence-corrected chi connectivity index (χ1v) is 7.07. The van der Waals surface area contributed by atoms with Crippen LogP contribution in [0, 0.1) is 6.92 Å². The fourth-order valence-electron chi connectivity index (χ4n) is 2.39. The number of urea groups is 1. The molecule has 0 atom stereocenters. The minimum Gasteiger partial charge on any atom is -0.496 e. The second kappa shape index (κ2) is 7.14. The number of rotatable bonds is 4. The molecule has 0 unspecified atom stereocenters. The average Bonchev–Trinajstić information content (AvgIpc) is 2.48. The van der Waals surface area contributed by atoms with Crippen LogP contribution >= 0.6 is 0 Å². The zero-order valence-electron chi connectivity index (χ0n) is 12.2. The number of hydrogen-bond acceptors (Lipinski definition) is 3. The van der Waals surface area contributed by atoms with Crippen LogP contribution in [0.5, 0.6) is 5.75 Å². The summed E-state index contributed by atoms with van der Waals surface area (Å²) in [5.41, 5.74) is 2.34. The molecule has 110 valence electrons. The molecule has 1 fully saturated rings. The minimum atomic E-state index is 0.0386. The van der Waals surface area contributed by atoms with Gasteiger partial charge in [-0.05, 0) is 30.5 Å². The lowest BCUT2D eigenvalue weighted by Gasteiger charge is -2.27. The van der Waals surface area contributed by atoms with Crippen LogP contribution in [0.1, 0.15) is 11.1 Å². The number of aryl methyl sites for hydroxylation is 1. The molecule has 0 bridgehead atoms. The molecule has 0 saturated carbocycles. The molecule has 5 heteroatoms. The van der Waals surface area contributed by atoms with Crippen LogP contribution in [0.25, 0.3) is 0 Å². The van der Waals surface area contributed by atoms with E-state index < -0.39 is 0 Å². The lowest BCUT2D eigenvalue weighted by Crippen LogP contribution is -2.50. The van der Waals surface area contributed by atoms with E-state index in [4.69, 9.17) is 4.74 Å². The van der Waals surface area contributed by atoms with Crippen molar-refractivity contribution in [3.8, 4) is 5.75 Å². The Morgan fingerprint density at radius 1 is 1.40 bits per heavy atom. The van der Waals surface area contributed by atoms with Gasteiger partial charge in [0.15, 0.2) is 0 Å². The molecule has 1 aliphatic rings. The molecule has 0 radical (unpaired) electrons.